The molecule has 3 rings (SSSR count). The zero-order valence-electron chi connectivity index (χ0n) is 17.2. The fraction of sp³-hybridized carbons (Fsp3) is 0.318. The van der Waals surface area contributed by atoms with Crippen molar-refractivity contribution < 1.29 is 13.2 Å². The molecule has 0 N–H and O–H groups in total. The molecule has 166 valence electrons. The van der Waals surface area contributed by atoms with Crippen molar-refractivity contribution in [2.24, 2.45) is 0 Å². The second-order valence-electron chi connectivity index (χ2n) is 7.36. The van der Waals surface area contributed by atoms with Crippen molar-refractivity contribution in [3.05, 3.63) is 70.2 Å². The monoisotopic (exact) mass is 481 g/mol. The fourth-order valence-corrected chi connectivity index (χ4v) is 4.65. The van der Waals surface area contributed by atoms with Gasteiger partial charge in [-0.25, -0.2) is 8.42 Å². The summed E-state index contributed by atoms with van der Waals surface area (Å²) in [6, 6.07) is 14.6. The summed E-state index contributed by atoms with van der Waals surface area (Å²) >= 11 is 12.2. The maximum Gasteiger partial charge on any atom is 0.243 e. The van der Waals surface area contributed by atoms with E-state index in [4.69, 9.17) is 23.2 Å². The first-order valence-electron chi connectivity index (χ1n) is 9.88. The molecule has 9 heteroatoms. The van der Waals surface area contributed by atoms with Crippen LogP contribution in [0.1, 0.15) is 5.56 Å². The van der Waals surface area contributed by atoms with Crippen LogP contribution in [0.2, 0.25) is 10.0 Å². The molecule has 2 aromatic rings. The van der Waals surface area contributed by atoms with Crippen molar-refractivity contribution in [1.82, 2.24) is 9.80 Å². The van der Waals surface area contributed by atoms with E-state index in [0.29, 0.717) is 18.1 Å². The number of carbonyl (C=O) groups is 1. The summed E-state index contributed by atoms with van der Waals surface area (Å²) in [5.41, 5.74) is 1.35. The van der Waals surface area contributed by atoms with Crippen molar-refractivity contribution in [3.63, 3.8) is 0 Å². The number of halogens is 2. The summed E-state index contributed by atoms with van der Waals surface area (Å²) in [7, 11) is -3.72. The Balaban J connectivity index is 1.58. The molecule has 0 aromatic heterocycles. The van der Waals surface area contributed by atoms with Gasteiger partial charge in [0.15, 0.2) is 0 Å². The Morgan fingerprint density at radius 3 is 2.39 bits per heavy atom. The lowest BCUT2D eigenvalue weighted by Gasteiger charge is -2.35. The van der Waals surface area contributed by atoms with E-state index in [-0.39, 0.29) is 23.2 Å². The lowest BCUT2D eigenvalue weighted by atomic mass is 10.2. The highest BCUT2D eigenvalue weighted by molar-refractivity contribution is 7.92. The topological polar surface area (TPSA) is 60.9 Å². The average molecular weight is 482 g/mol. The first kappa shape index (κ1) is 23.6. The molecule has 1 amide bonds. The summed E-state index contributed by atoms with van der Waals surface area (Å²) in [4.78, 5) is 16.8. The Labute approximate surface area is 193 Å². The van der Waals surface area contributed by atoms with Gasteiger partial charge in [0.05, 0.1) is 17.0 Å². The Morgan fingerprint density at radius 1 is 1.06 bits per heavy atom. The normalized spacial score (nSPS) is 15.4. The Kier molecular flexibility index (Phi) is 8.00. The minimum Gasteiger partial charge on any atom is -0.339 e. The van der Waals surface area contributed by atoms with Crippen LogP contribution in [0.5, 0.6) is 0 Å². The lowest BCUT2D eigenvalue weighted by Crippen LogP contribution is -2.51. The van der Waals surface area contributed by atoms with Crippen molar-refractivity contribution >= 4 is 50.9 Å². The third-order valence-electron chi connectivity index (χ3n) is 5.05. The average Bonchev–Trinajstić information content (AvgIpc) is 2.74. The number of amides is 1. The number of anilines is 1. The maximum atomic E-state index is 12.8. The number of sulfonamides is 1. The molecular weight excluding hydrogens is 457 g/mol. The quantitative estimate of drug-likeness (QED) is 0.605. The molecule has 31 heavy (non-hydrogen) atoms. The van der Waals surface area contributed by atoms with E-state index in [9.17, 15) is 13.2 Å². The summed E-state index contributed by atoms with van der Waals surface area (Å²) in [6.45, 7) is 3.01. The smallest absolute Gasteiger partial charge is 0.243 e. The molecule has 1 saturated heterocycles. The predicted molar refractivity (Wildman–Crippen MR) is 127 cm³/mol. The maximum absolute atomic E-state index is 12.8. The summed E-state index contributed by atoms with van der Waals surface area (Å²) in [5.74, 6) is -0.263. The molecule has 1 aliphatic heterocycles. The number of carbonyl (C=O) groups excluding carboxylic acids is 1. The highest BCUT2D eigenvalue weighted by atomic mass is 35.5. The van der Waals surface area contributed by atoms with Crippen LogP contribution in [0.15, 0.2) is 54.6 Å². The molecule has 2 aromatic carbocycles. The van der Waals surface area contributed by atoms with Gasteiger partial charge in [-0.3, -0.25) is 14.0 Å². The Bertz CT molecular complexity index is 1040. The molecule has 0 unspecified atom stereocenters. The van der Waals surface area contributed by atoms with Crippen molar-refractivity contribution in [2.45, 2.75) is 0 Å². The van der Waals surface area contributed by atoms with Crippen LogP contribution in [0.25, 0.3) is 6.08 Å². The minimum absolute atomic E-state index is 0.203. The molecule has 0 atom stereocenters. The first-order valence-corrected chi connectivity index (χ1v) is 12.5. The second-order valence-corrected chi connectivity index (χ2v) is 10.1. The van der Waals surface area contributed by atoms with Gasteiger partial charge in [-0.15, -0.1) is 0 Å². The Hall–Kier alpha value is -2.06. The van der Waals surface area contributed by atoms with Gasteiger partial charge >= 0.3 is 0 Å². The third-order valence-corrected chi connectivity index (χ3v) is 6.74. The largest absolute Gasteiger partial charge is 0.339 e. The van der Waals surface area contributed by atoms with Gasteiger partial charge in [0.25, 0.3) is 0 Å². The van der Waals surface area contributed by atoms with E-state index in [2.05, 4.69) is 17.1 Å². The molecule has 0 radical (unpaired) electrons. The molecular formula is C22H25Cl2N3O3S. The molecule has 0 aliphatic carbocycles. The van der Waals surface area contributed by atoms with Crippen molar-refractivity contribution in [3.8, 4) is 0 Å². The van der Waals surface area contributed by atoms with Gasteiger partial charge in [-0.1, -0.05) is 65.7 Å². The number of benzene rings is 2. The van der Waals surface area contributed by atoms with Crippen LogP contribution < -0.4 is 4.31 Å². The molecule has 6 nitrogen and oxygen atoms in total. The van der Waals surface area contributed by atoms with Crippen LogP contribution in [-0.2, 0) is 14.8 Å². The molecule has 1 heterocycles. The summed E-state index contributed by atoms with van der Waals surface area (Å²) < 4.78 is 25.7. The summed E-state index contributed by atoms with van der Waals surface area (Å²) in [5, 5.41) is 0.565. The van der Waals surface area contributed by atoms with Crippen LogP contribution >= 0.6 is 23.2 Å². The molecule has 1 aliphatic rings. The number of rotatable bonds is 7. The Morgan fingerprint density at radius 2 is 1.74 bits per heavy atom. The summed E-state index contributed by atoms with van der Waals surface area (Å²) in [6.07, 6.45) is 5.24. The SMILES string of the molecule is CS(=O)(=O)N(CC(=O)N1CCN(C/C=C/c2ccccc2)CC1)c1cc(Cl)ccc1Cl. The van der Waals surface area contributed by atoms with Gasteiger partial charge in [-0.2, -0.15) is 0 Å². The van der Waals surface area contributed by atoms with Crippen LogP contribution in [-0.4, -0.2) is 69.6 Å². The van der Waals surface area contributed by atoms with Gasteiger partial charge in [0, 0.05) is 37.7 Å². The van der Waals surface area contributed by atoms with Crippen LogP contribution in [0, 0.1) is 0 Å². The van der Waals surface area contributed by atoms with E-state index in [0.717, 1.165) is 35.8 Å². The minimum atomic E-state index is -3.72. The first-order chi connectivity index (χ1) is 14.7. The molecule has 0 spiro atoms. The van der Waals surface area contributed by atoms with E-state index < -0.39 is 10.0 Å². The van der Waals surface area contributed by atoms with E-state index >= 15 is 0 Å². The van der Waals surface area contributed by atoms with Gasteiger partial charge in [0.1, 0.15) is 6.54 Å². The van der Waals surface area contributed by atoms with Crippen LogP contribution in [0.4, 0.5) is 5.69 Å². The fourth-order valence-electron chi connectivity index (χ4n) is 3.36. The number of piperazine rings is 1. The molecule has 1 fully saturated rings. The zero-order chi connectivity index (χ0) is 22.4. The van der Waals surface area contributed by atoms with Crippen molar-refractivity contribution in [2.75, 3.05) is 49.8 Å². The number of hydrogen-bond donors (Lipinski definition) is 0. The number of nitrogens with zero attached hydrogens (tertiary/aromatic N) is 3. The predicted octanol–water partition coefficient (Wildman–Crippen LogP) is 3.62. The highest BCUT2D eigenvalue weighted by Gasteiger charge is 2.27. The zero-order valence-corrected chi connectivity index (χ0v) is 19.6. The van der Waals surface area contributed by atoms with E-state index in [1.165, 1.54) is 12.1 Å². The van der Waals surface area contributed by atoms with E-state index in [1.807, 2.05) is 30.3 Å². The van der Waals surface area contributed by atoms with E-state index in [1.54, 1.807) is 11.0 Å². The van der Waals surface area contributed by atoms with Gasteiger partial charge < -0.3 is 4.90 Å². The van der Waals surface area contributed by atoms with Gasteiger partial charge in [0.2, 0.25) is 15.9 Å². The lowest BCUT2D eigenvalue weighted by molar-refractivity contribution is -0.131. The third kappa shape index (κ3) is 6.71. The molecule has 0 saturated carbocycles. The molecule has 0 bridgehead atoms. The highest BCUT2D eigenvalue weighted by Crippen LogP contribution is 2.30. The van der Waals surface area contributed by atoms with Crippen molar-refractivity contribution in [1.29, 1.82) is 0 Å². The van der Waals surface area contributed by atoms with Crippen LogP contribution in [0.3, 0.4) is 0 Å². The number of hydrogen-bond acceptors (Lipinski definition) is 4. The van der Waals surface area contributed by atoms with Gasteiger partial charge in [-0.05, 0) is 23.8 Å². The standard InChI is InChI=1S/C22H25Cl2N3O3S/c1-31(29,30)27(21-16-19(23)9-10-20(21)24)17-22(28)26-14-12-25(13-15-26)11-5-8-18-6-3-2-4-7-18/h2-10,16H,11-15,17H2,1H3/b8-5+. The second kappa shape index (κ2) is 10.5.